The van der Waals surface area contributed by atoms with E-state index in [-0.39, 0.29) is 27.1 Å². The van der Waals surface area contributed by atoms with Crippen LogP contribution in [0.4, 0.5) is 13.2 Å². The van der Waals surface area contributed by atoms with Crippen molar-refractivity contribution in [1.82, 2.24) is 0 Å². The van der Waals surface area contributed by atoms with Gasteiger partial charge in [-0.25, -0.2) is 0 Å². The standard InChI is InChI=1S/C10H11F3O.C10H14O.2CH4/c1-7(2)14-9-5-3-8(4-6-9)10(11,12)13;1-8(2)11-10-7-5-4-6-9(10)3;;/h3-7H,1-2H3;4-8H,1-3H3;2*1H4. The number of hydrogen-bond acceptors (Lipinski definition) is 2. The molecule has 0 aliphatic rings. The van der Waals surface area contributed by atoms with Crippen LogP contribution in [0.5, 0.6) is 11.5 Å². The van der Waals surface area contributed by atoms with Crippen molar-refractivity contribution in [3.63, 3.8) is 0 Å². The van der Waals surface area contributed by atoms with Crippen LogP contribution < -0.4 is 9.47 Å². The van der Waals surface area contributed by atoms with Gasteiger partial charge in [-0.05, 0) is 70.5 Å². The highest BCUT2D eigenvalue weighted by molar-refractivity contribution is 5.31. The highest BCUT2D eigenvalue weighted by Crippen LogP contribution is 2.30. The minimum atomic E-state index is -4.28. The average Bonchev–Trinajstić information content (AvgIpc) is 2.49. The van der Waals surface area contributed by atoms with Gasteiger partial charge in [0.1, 0.15) is 11.5 Å². The molecule has 0 radical (unpaired) electrons. The number of para-hydroxylation sites is 1. The Labute approximate surface area is 162 Å². The fourth-order valence-electron chi connectivity index (χ4n) is 1.94. The molecule has 0 saturated heterocycles. The van der Waals surface area contributed by atoms with Crippen molar-refractivity contribution in [1.29, 1.82) is 0 Å². The van der Waals surface area contributed by atoms with E-state index in [0.717, 1.165) is 17.9 Å². The summed E-state index contributed by atoms with van der Waals surface area (Å²) in [4.78, 5) is 0. The van der Waals surface area contributed by atoms with Crippen molar-refractivity contribution in [3.8, 4) is 11.5 Å². The third kappa shape index (κ3) is 10.5. The Morgan fingerprint density at radius 3 is 1.63 bits per heavy atom. The first-order valence-corrected chi connectivity index (χ1v) is 8.15. The van der Waals surface area contributed by atoms with E-state index in [0.29, 0.717) is 5.75 Å². The van der Waals surface area contributed by atoms with Crippen molar-refractivity contribution in [2.24, 2.45) is 0 Å². The Morgan fingerprint density at radius 1 is 0.741 bits per heavy atom. The van der Waals surface area contributed by atoms with E-state index in [1.165, 1.54) is 17.7 Å². The monoisotopic (exact) mass is 386 g/mol. The fraction of sp³-hybridized carbons (Fsp3) is 0.455. The number of alkyl halides is 3. The molecule has 154 valence electrons. The fourth-order valence-corrected chi connectivity index (χ4v) is 1.94. The summed E-state index contributed by atoms with van der Waals surface area (Å²) in [5, 5.41) is 0. The zero-order valence-electron chi connectivity index (χ0n) is 15.2. The minimum absolute atomic E-state index is 0. The highest BCUT2D eigenvalue weighted by atomic mass is 19.4. The SMILES string of the molecule is C.C.CC(C)Oc1ccc(C(F)(F)F)cc1.Cc1ccccc1OC(C)C. The van der Waals surface area contributed by atoms with Crippen LogP contribution in [-0.4, -0.2) is 12.2 Å². The van der Waals surface area contributed by atoms with Crippen LogP contribution in [0.3, 0.4) is 0 Å². The number of hydrogen-bond donors (Lipinski definition) is 0. The van der Waals surface area contributed by atoms with E-state index >= 15 is 0 Å². The maximum Gasteiger partial charge on any atom is 0.416 e. The molecule has 0 aromatic heterocycles. The molecule has 2 nitrogen and oxygen atoms in total. The molecule has 0 spiro atoms. The van der Waals surface area contributed by atoms with E-state index in [1.54, 1.807) is 0 Å². The largest absolute Gasteiger partial charge is 0.491 e. The van der Waals surface area contributed by atoms with E-state index in [9.17, 15) is 13.2 Å². The second kappa shape index (κ2) is 12.3. The first kappa shape index (κ1) is 27.1. The van der Waals surface area contributed by atoms with Crippen molar-refractivity contribution in [3.05, 3.63) is 59.7 Å². The van der Waals surface area contributed by atoms with Crippen LogP contribution in [0.1, 0.15) is 53.7 Å². The lowest BCUT2D eigenvalue weighted by atomic mass is 10.2. The van der Waals surface area contributed by atoms with Crippen LogP contribution in [0, 0.1) is 6.92 Å². The maximum absolute atomic E-state index is 12.1. The lowest BCUT2D eigenvalue weighted by Gasteiger charge is -2.11. The number of rotatable bonds is 4. The molecule has 0 saturated carbocycles. The zero-order chi connectivity index (χ0) is 19.0. The summed E-state index contributed by atoms with van der Waals surface area (Å²) in [5.74, 6) is 1.44. The van der Waals surface area contributed by atoms with Gasteiger partial charge >= 0.3 is 6.18 Å². The van der Waals surface area contributed by atoms with Crippen LogP contribution >= 0.6 is 0 Å². The zero-order valence-corrected chi connectivity index (χ0v) is 15.2. The summed E-state index contributed by atoms with van der Waals surface area (Å²) in [6.07, 6.45) is -4.06. The van der Waals surface area contributed by atoms with Gasteiger partial charge in [0, 0.05) is 0 Å². The lowest BCUT2D eigenvalue weighted by Crippen LogP contribution is -2.07. The predicted octanol–water partition coefficient (Wildman–Crippen LogP) is 7.55. The maximum atomic E-state index is 12.1. The highest BCUT2D eigenvalue weighted by Gasteiger charge is 2.29. The molecule has 0 N–H and O–H groups in total. The van der Waals surface area contributed by atoms with Gasteiger partial charge in [-0.15, -0.1) is 0 Å². The van der Waals surface area contributed by atoms with Crippen molar-refractivity contribution in [2.75, 3.05) is 0 Å². The van der Waals surface area contributed by atoms with Crippen LogP contribution in [-0.2, 0) is 6.18 Å². The summed E-state index contributed by atoms with van der Waals surface area (Å²) < 4.78 is 47.2. The average molecular weight is 386 g/mol. The summed E-state index contributed by atoms with van der Waals surface area (Å²) in [7, 11) is 0. The minimum Gasteiger partial charge on any atom is -0.491 e. The third-order valence-electron chi connectivity index (χ3n) is 3.01. The van der Waals surface area contributed by atoms with Crippen molar-refractivity contribution in [2.45, 2.75) is 67.9 Å². The van der Waals surface area contributed by atoms with Gasteiger partial charge in [0.2, 0.25) is 0 Å². The van der Waals surface area contributed by atoms with Gasteiger partial charge in [0.05, 0.1) is 17.8 Å². The molecule has 0 atom stereocenters. The normalized spacial score (nSPS) is 10.3. The Kier molecular flexibility index (Phi) is 12.3. The lowest BCUT2D eigenvalue weighted by molar-refractivity contribution is -0.137. The molecule has 0 unspecified atom stereocenters. The molecule has 0 aliphatic heterocycles. The molecule has 2 aromatic carbocycles. The van der Waals surface area contributed by atoms with E-state index < -0.39 is 11.7 Å². The number of halogens is 3. The predicted molar refractivity (Wildman–Crippen MR) is 108 cm³/mol. The molecule has 0 amide bonds. The van der Waals surface area contributed by atoms with E-state index in [4.69, 9.17) is 9.47 Å². The van der Waals surface area contributed by atoms with Gasteiger partial charge < -0.3 is 9.47 Å². The molecule has 0 aliphatic carbocycles. The summed E-state index contributed by atoms with van der Waals surface area (Å²) in [6, 6.07) is 12.7. The quantitative estimate of drug-likeness (QED) is 0.540. The molecular formula is C22H33F3O2. The molecule has 0 bridgehead atoms. The Balaban J connectivity index is 0. The summed E-state index contributed by atoms with van der Waals surface area (Å²) in [6.45, 7) is 9.76. The van der Waals surface area contributed by atoms with Crippen molar-refractivity contribution >= 4 is 0 Å². The Hall–Kier alpha value is -2.17. The summed E-state index contributed by atoms with van der Waals surface area (Å²) >= 11 is 0. The van der Waals surface area contributed by atoms with E-state index in [1.807, 2.05) is 45.9 Å². The van der Waals surface area contributed by atoms with Gasteiger partial charge in [0.25, 0.3) is 0 Å². The molecule has 0 fully saturated rings. The van der Waals surface area contributed by atoms with Crippen LogP contribution in [0.25, 0.3) is 0 Å². The molecule has 0 heterocycles. The van der Waals surface area contributed by atoms with Gasteiger partial charge in [0.15, 0.2) is 0 Å². The second-order valence-corrected chi connectivity index (χ2v) is 6.12. The Bertz CT molecular complexity index is 633. The smallest absolute Gasteiger partial charge is 0.416 e. The first-order valence-electron chi connectivity index (χ1n) is 8.15. The number of aryl methyl sites for hydroxylation is 1. The molecule has 27 heavy (non-hydrogen) atoms. The van der Waals surface area contributed by atoms with Gasteiger partial charge in [-0.3, -0.25) is 0 Å². The van der Waals surface area contributed by atoms with E-state index in [2.05, 4.69) is 13.0 Å². The van der Waals surface area contributed by atoms with Gasteiger partial charge in [-0.1, -0.05) is 33.1 Å². The Morgan fingerprint density at radius 2 is 1.22 bits per heavy atom. The van der Waals surface area contributed by atoms with Gasteiger partial charge in [-0.2, -0.15) is 13.2 Å². The topological polar surface area (TPSA) is 18.5 Å². The third-order valence-corrected chi connectivity index (χ3v) is 3.01. The molecule has 2 aromatic rings. The number of ether oxygens (including phenoxy) is 2. The molecule has 2 rings (SSSR count). The second-order valence-electron chi connectivity index (χ2n) is 6.12. The van der Waals surface area contributed by atoms with Crippen LogP contribution in [0.15, 0.2) is 48.5 Å². The van der Waals surface area contributed by atoms with Crippen LogP contribution in [0.2, 0.25) is 0 Å². The summed E-state index contributed by atoms with van der Waals surface area (Å²) in [5.41, 5.74) is 0.537. The molecular weight excluding hydrogens is 353 g/mol. The number of benzene rings is 2. The molecule has 5 heteroatoms. The van der Waals surface area contributed by atoms with Crippen molar-refractivity contribution < 1.29 is 22.6 Å². The first-order chi connectivity index (χ1) is 11.6.